The van der Waals surface area contributed by atoms with E-state index in [0.29, 0.717) is 34.8 Å². The Balaban J connectivity index is 0.992. The molecule has 7 rings (SSSR count). The number of ether oxygens (including phenoxy) is 2. The van der Waals surface area contributed by atoms with Gasteiger partial charge in [-0.2, -0.15) is 0 Å². The Hall–Kier alpha value is -2.90. The predicted molar refractivity (Wildman–Crippen MR) is 136 cm³/mol. The van der Waals surface area contributed by atoms with Crippen molar-refractivity contribution in [3.63, 3.8) is 0 Å². The number of nitrogens with one attached hydrogen (secondary N) is 2. The molecule has 2 amide bonds. The lowest BCUT2D eigenvalue weighted by Crippen LogP contribution is -2.53. The van der Waals surface area contributed by atoms with Gasteiger partial charge in [0.15, 0.2) is 0 Å². The molecule has 1 aromatic carbocycles. The number of rotatable bonds is 6. The first kappa shape index (κ1) is 24.4. The third-order valence-corrected chi connectivity index (χ3v) is 9.00. The van der Waals surface area contributed by atoms with Crippen LogP contribution in [0, 0.1) is 35.4 Å². The number of benzene rings is 1. The van der Waals surface area contributed by atoms with Crippen molar-refractivity contribution in [3.8, 4) is 5.75 Å². The highest BCUT2D eigenvalue weighted by Crippen LogP contribution is 2.61. The van der Waals surface area contributed by atoms with Crippen molar-refractivity contribution < 1.29 is 23.5 Å². The molecule has 6 atom stereocenters. The number of pyridine rings is 1. The van der Waals surface area contributed by atoms with Crippen molar-refractivity contribution in [2.45, 2.75) is 83.1 Å². The fourth-order valence-electron chi connectivity index (χ4n) is 7.37. The lowest BCUT2D eigenvalue weighted by atomic mass is 9.77. The van der Waals surface area contributed by atoms with Gasteiger partial charge in [-0.1, -0.05) is 6.92 Å². The van der Waals surface area contributed by atoms with E-state index in [1.54, 1.807) is 18.3 Å². The van der Waals surface area contributed by atoms with Gasteiger partial charge < -0.3 is 20.1 Å². The number of fused-ring (bicyclic) bond motifs is 3. The normalized spacial score (nSPS) is 34.3. The summed E-state index contributed by atoms with van der Waals surface area (Å²) in [5, 5.41) is 7.06. The standard InChI is InChI=1S/C29H36FN3O4/c1-15(26(34)32-23-14-29(12-16(23)13-29)33-27(35)37-28(2,3)4)25-19-10-18(11-20(19)25)36-24-7-8-31-22-6-5-17(30)9-21(22)24/h5-9,15-16,18-20,23,25H,10-14H2,1-4H3,(H,32,34)(H,33,35)/t15?,16?,18?,19-,20+,23?,25?,29?. The molecule has 1 aromatic heterocycles. The van der Waals surface area contributed by atoms with Gasteiger partial charge in [-0.15, -0.1) is 0 Å². The van der Waals surface area contributed by atoms with Gasteiger partial charge in [0, 0.05) is 29.1 Å². The number of hydrogen-bond acceptors (Lipinski definition) is 5. The quantitative estimate of drug-likeness (QED) is 0.574. The van der Waals surface area contributed by atoms with Gasteiger partial charge in [0.2, 0.25) is 5.91 Å². The van der Waals surface area contributed by atoms with E-state index in [1.165, 1.54) is 12.1 Å². The van der Waals surface area contributed by atoms with E-state index >= 15 is 0 Å². The number of carbonyl (C=O) groups is 2. The van der Waals surface area contributed by atoms with E-state index < -0.39 is 5.60 Å². The van der Waals surface area contributed by atoms with E-state index in [4.69, 9.17) is 9.47 Å². The lowest BCUT2D eigenvalue weighted by Gasteiger charge is -2.39. The summed E-state index contributed by atoms with van der Waals surface area (Å²) in [5.74, 6) is 2.25. The summed E-state index contributed by atoms with van der Waals surface area (Å²) in [6, 6.07) is 6.47. The Bertz CT molecular complexity index is 1230. The van der Waals surface area contributed by atoms with Crippen molar-refractivity contribution in [3.05, 3.63) is 36.3 Å². The van der Waals surface area contributed by atoms with Crippen LogP contribution in [-0.2, 0) is 9.53 Å². The minimum Gasteiger partial charge on any atom is -0.490 e. The summed E-state index contributed by atoms with van der Waals surface area (Å²) in [6.07, 6.45) is 5.79. The topological polar surface area (TPSA) is 89.6 Å². The molecular formula is C29H36FN3O4. The first-order chi connectivity index (χ1) is 17.5. The molecule has 5 saturated carbocycles. The first-order valence-corrected chi connectivity index (χ1v) is 13.5. The third kappa shape index (κ3) is 4.64. The molecule has 198 valence electrons. The molecule has 37 heavy (non-hydrogen) atoms. The molecule has 8 heteroatoms. The van der Waals surface area contributed by atoms with Gasteiger partial charge in [0.1, 0.15) is 17.2 Å². The van der Waals surface area contributed by atoms with Crippen LogP contribution in [-0.4, -0.2) is 40.3 Å². The summed E-state index contributed by atoms with van der Waals surface area (Å²) in [6.45, 7) is 7.62. The number of nitrogens with zero attached hydrogens (tertiary/aromatic N) is 1. The second-order valence-electron chi connectivity index (χ2n) is 12.8. The van der Waals surface area contributed by atoms with Crippen molar-refractivity contribution in [1.29, 1.82) is 0 Å². The van der Waals surface area contributed by atoms with Crippen LogP contribution in [0.5, 0.6) is 5.75 Å². The number of halogens is 1. The molecule has 7 nitrogen and oxygen atoms in total. The summed E-state index contributed by atoms with van der Waals surface area (Å²) in [7, 11) is 0. The van der Waals surface area contributed by atoms with E-state index in [9.17, 15) is 14.0 Å². The summed E-state index contributed by atoms with van der Waals surface area (Å²) in [4.78, 5) is 29.7. The number of aromatic nitrogens is 1. The van der Waals surface area contributed by atoms with Gasteiger partial charge in [-0.05, 0) is 101 Å². The molecule has 0 aliphatic heterocycles. The Labute approximate surface area is 216 Å². The number of hydrogen-bond donors (Lipinski definition) is 2. The van der Waals surface area contributed by atoms with Crippen LogP contribution in [0.2, 0.25) is 0 Å². The molecule has 0 spiro atoms. The maximum atomic E-state index is 13.8. The smallest absolute Gasteiger partial charge is 0.408 e. The summed E-state index contributed by atoms with van der Waals surface area (Å²) in [5.41, 5.74) is -0.0466. The van der Waals surface area contributed by atoms with Crippen LogP contribution in [0.3, 0.4) is 0 Å². The molecule has 1 heterocycles. The largest absolute Gasteiger partial charge is 0.490 e. The van der Waals surface area contributed by atoms with Crippen LogP contribution in [0.15, 0.2) is 30.5 Å². The highest BCUT2D eigenvalue weighted by molar-refractivity contribution is 5.84. The fourth-order valence-corrected chi connectivity index (χ4v) is 7.37. The average molecular weight is 510 g/mol. The molecule has 5 aliphatic rings. The van der Waals surface area contributed by atoms with E-state index in [-0.39, 0.29) is 41.4 Å². The van der Waals surface area contributed by atoms with Gasteiger partial charge in [-0.3, -0.25) is 9.78 Å². The van der Waals surface area contributed by atoms with Crippen LogP contribution >= 0.6 is 0 Å². The first-order valence-electron chi connectivity index (χ1n) is 13.5. The molecule has 0 radical (unpaired) electrons. The van der Waals surface area contributed by atoms with Crippen LogP contribution in [0.4, 0.5) is 9.18 Å². The van der Waals surface area contributed by atoms with Crippen LogP contribution < -0.4 is 15.4 Å². The van der Waals surface area contributed by atoms with E-state index in [1.807, 2.05) is 27.7 Å². The van der Waals surface area contributed by atoms with Crippen molar-refractivity contribution in [1.82, 2.24) is 15.6 Å². The van der Waals surface area contributed by atoms with Crippen molar-refractivity contribution >= 4 is 22.9 Å². The minimum absolute atomic E-state index is 0.0423. The minimum atomic E-state index is -0.526. The molecular weight excluding hydrogens is 473 g/mol. The maximum absolute atomic E-state index is 13.8. The SMILES string of the molecule is CC(C(=O)NC1CC2(NC(=O)OC(C)(C)C)CC1C2)C1[C@H]2CC(Oc3ccnc4ccc(F)cc34)C[C@@H]12. The van der Waals surface area contributed by atoms with Gasteiger partial charge in [0.25, 0.3) is 0 Å². The third-order valence-electron chi connectivity index (χ3n) is 9.00. The summed E-state index contributed by atoms with van der Waals surface area (Å²) >= 11 is 0. The van der Waals surface area contributed by atoms with E-state index in [2.05, 4.69) is 15.6 Å². The van der Waals surface area contributed by atoms with Crippen LogP contribution in [0.25, 0.3) is 10.9 Å². The maximum Gasteiger partial charge on any atom is 0.408 e. The second kappa shape index (κ2) is 8.57. The molecule has 2 bridgehead atoms. The highest BCUT2D eigenvalue weighted by Gasteiger charge is 2.61. The highest BCUT2D eigenvalue weighted by atomic mass is 19.1. The average Bonchev–Trinajstić information content (AvgIpc) is 3.07. The molecule has 4 unspecified atom stereocenters. The number of carbonyl (C=O) groups excluding carboxylic acids is 2. The molecule has 0 saturated heterocycles. The van der Waals surface area contributed by atoms with Crippen LogP contribution in [0.1, 0.15) is 59.8 Å². The fraction of sp³-hybridized carbons (Fsp3) is 0.621. The molecule has 5 fully saturated rings. The number of amides is 2. The Morgan fingerprint density at radius 2 is 1.86 bits per heavy atom. The van der Waals surface area contributed by atoms with Gasteiger partial charge in [-0.25, -0.2) is 9.18 Å². The summed E-state index contributed by atoms with van der Waals surface area (Å²) < 4.78 is 25.5. The van der Waals surface area contributed by atoms with E-state index in [0.717, 1.165) is 37.6 Å². The monoisotopic (exact) mass is 509 g/mol. The molecule has 5 aliphatic carbocycles. The van der Waals surface area contributed by atoms with Gasteiger partial charge in [0.05, 0.1) is 11.6 Å². The Kier molecular flexibility index (Phi) is 5.66. The molecule has 2 N–H and O–H groups in total. The van der Waals surface area contributed by atoms with Gasteiger partial charge >= 0.3 is 6.09 Å². The molecule has 2 aromatic rings. The zero-order valence-electron chi connectivity index (χ0n) is 21.9. The van der Waals surface area contributed by atoms with Crippen molar-refractivity contribution in [2.24, 2.45) is 29.6 Å². The van der Waals surface area contributed by atoms with Crippen molar-refractivity contribution in [2.75, 3.05) is 0 Å². The zero-order chi connectivity index (χ0) is 26.1. The number of alkyl carbamates (subject to hydrolysis) is 1. The zero-order valence-corrected chi connectivity index (χ0v) is 21.9. The lowest BCUT2D eigenvalue weighted by molar-refractivity contribution is -0.126. The predicted octanol–water partition coefficient (Wildman–Crippen LogP) is 4.98. The Morgan fingerprint density at radius 3 is 2.57 bits per heavy atom. The Morgan fingerprint density at radius 1 is 1.14 bits per heavy atom. The second-order valence-corrected chi connectivity index (χ2v) is 12.8.